The number of benzene rings is 1. The minimum atomic E-state index is -0.352. The van der Waals surface area contributed by atoms with Gasteiger partial charge in [-0.05, 0) is 37.3 Å². The molecule has 1 aromatic heterocycles. The molecule has 4 rings (SSSR count). The van der Waals surface area contributed by atoms with Gasteiger partial charge in [-0.25, -0.2) is 4.79 Å². The van der Waals surface area contributed by atoms with Crippen molar-refractivity contribution in [1.29, 1.82) is 0 Å². The lowest BCUT2D eigenvalue weighted by molar-refractivity contribution is 0.0601. The number of aromatic nitrogens is 2. The number of hydrogen-bond acceptors (Lipinski definition) is 6. The summed E-state index contributed by atoms with van der Waals surface area (Å²) < 4.78 is 10.1. The molecule has 2 heterocycles. The first-order valence-electron chi connectivity index (χ1n) is 7.98. The number of rotatable bonds is 4. The van der Waals surface area contributed by atoms with Crippen molar-refractivity contribution in [2.75, 3.05) is 13.7 Å². The van der Waals surface area contributed by atoms with Gasteiger partial charge in [-0.1, -0.05) is 17.3 Å². The van der Waals surface area contributed by atoms with Gasteiger partial charge in [0.15, 0.2) is 0 Å². The predicted molar refractivity (Wildman–Crippen MR) is 82.6 cm³/mol. The molecule has 1 aliphatic carbocycles. The SMILES string of the molecule is COC(=O)c1ccc(-c2noc(CN3C[C@@H]4CC[C@@H]3C4)n2)cc1. The maximum Gasteiger partial charge on any atom is 0.337 e. The van der Waals surface area contributed by atoms with Gasteiger partial charge in [-0.3, -0.25) is 4.90 Å². The van der Waals surface area contributed by atoms with E-state index in [-0.39, 0.29) is 5.97 Å². The van der Waals surface area contributed by atoms with Gasteiger partial charge in [-0.2, -0.15) is 4.98 Å². The lowest BCUT2D eigenvalue weighted by Gasteiger charge is -2.24. The van der Waals surface area contributed by atoms with E-state index in [0.29, 0.717) is 23.3 Å². The molecule has 2 aliphatic rings. The fourth-order valence-electron chi connectivity index (χ4n) is 3.70. The van der Waals surface area contributed by atoms with E-state index in [1.54, 1.807) is 24.3 Å². The molecule has 2 atom stereocenters. The van der Waals surface area contributed by atoms with Crippen molar-refractivity contribution in [3.05, 3.63) is 35.7 Å². The molecule has 0 spiro atoms. The molecule has 0 unspecified atom stereocenters. The Labute approximate surface area is 134 Å². The molecule has 0 N–H and O–H groups in total. The Balaban J connectivity index is 1.46. The number of fused-ring (bicyclic) bond motifs is 2. The molecule has 1 saturated carbocycles. The van der Waals surface area contributed by atoms with Crippen LogP contribution in [0, 0.1) is 5.92 Å². The van der Waals surface area contributed by atoms with E-state index in [4.69, 9.17) is 9.26 Å². The third-order valence-electron chi connectivity index (χ3n) is 4.89. The Morgan fingerprint density at radius 2 is 2.17 bits per heavy atom. The third kappa shape index (κ3) is 2.74. The minimum Gasteiger partial charge on any atom is -0.465 e. The molecule has 1 aromatic carbocycles. The van der Waals surface area contributed by atoms with Crippen molar-refractivity contribution in [1.82, 2.24) is 15.0 Å². The van der Waals surface area contributed by atoms with Crippen LogP contribution in [0.5, 0.6) is 0 Å². The number of carbonyl (C=O) groups excluding carboxylic acids is 1. The van der Waals surface area contributed by atoms with Crippen molar-refractivity contribution in [3.8, 4) is 11.4 Å². The predicted octanol–water partition coefficient (Wildman–Crippen LogP) is 2.51. The highest BCUT2D eigenvalue weighted by molar-refractivity contribution is 5.89. The van der Waals surface area contributed by atoms with Crippen LogP contribution in [0.2, 0.25) is 0 Å². The van der Waals surface area contributed by atoms with Crippen LogP contribution in [0.15, 0.2) is 28.8 Å². The molecule has 2 fully saturated rings. The standard InChI is InChI=1S/C17H19N3O3/c1-22-17(21)13-5-3-12(4-6-13)16-18-15(23-19-16)10-20-9-11-2-7-14(20)8-11/h3-6,11,14H,2,7-10H2,1H3/t11-,14-/m1/s1. The normalized spacial score (nSPS) is 23.3. The number of hydrogen-bond donors (Lipinski definition) is 0. The number of esters is 1. The van der Waals surface area contributed by atoms with Gasteiger partial charge >= 0.3 is 5.97 Å². The molecule has 6 heteroatoms. The maximum atomic E-state index is 11.4. The first-order chi connectivity index (χ1) is 11.2. The van der Waals surface area contributed by atoms with Crippen molar-refractivity contribution in [2.45, 2.75) is 31.8 Å². The summed E-state index contributed by atoms with van der Waals surface area (Å²) in [5, 5.41) is 4.06. The Bertz CT molecular complexity index is 710. The Hall–Kier alpha value is -2.21. The molecular formula is C17H19N3O3. The lowest BCUT2D eigenvalue weighted by Crippen LogP contribution is -2.31. The Kier molecular flexibility index (Phi) is 3.61. The minimum absolute atomic E-state index is 0.352. The van der Waals surface area contributed by atoms with Crippen LogP contribution < -0.4 is 0 Å². The second kappa shape index (κ2) is 5.77. The van der Waals surface area contributed by atoms with Gasteiger partial charge in [-0.15, -0.1) is 0 Å². The van der Waals surface area contributed by atoms with Gasteiger partial charge in [0, 0.05) is 18.2 Å². The van der Waals surface area contributed by atoms with E-state index in [9.17, 15) is 4.79 Å². The summed E-state index contributed by atoms with van der Waals surface area (Å²) in [6, 6.07) is 7.71. The molecular weight excluding hydrogens is 294 g/mol. The molecule has 2 aromatic rings. The maximum absolute atomic E-state index is 11.4. The average molecular weight is 313 g/mol. The number of nitrogens with zero attached hydrogens (tertiary/aromatic N) is 3. The number of piperidine rings is 1. The summed E-state index contributed by atoms with van der Waals surface area (Å²) in [5.41, 5.74) is 1.34. The summed E-state index contributed by atoms with van der Waals surface area (Å²) in [6.45, 7) is 1.88. The molecule has 0 radical (unpaired) electrons. The zero-order valence-corrected chi connectivity index (χ0v) is 13.1. The Morgan fingerprint density at radius 1 is 1.35 bits per heavy atom. The van der Waals surface area contributed by atoms with Gasteiger partial charge in [0.05, 0.1) is 19.2 Å². The van der Waals surface area contributed by atoms with Gasteiger partial charge in [0.1, 0.15) is 0 Å². The summed E-state index contributed by atoms with van der Waals surface area (Å²) in [6.07, 6.45) is 3.97. The van der Waals surface area contributed by atoms with Crippen molar-refractivity contribution >= 4 is 5.97 Å². The van der Waals surface area contributed by atoms with E-state index in [0.717, 1.165) is 24.6 Å². The van der Waals surface area contributed by atoms with E-state index in [1.807, 2.05) is 0 Å². The number of ether oxygens (including phenoxy) is 1. The molecule has 1 aliphatic heterocycles. The number of likely N-dealkylation sites (tertiary alicyclic amines) is 1. The highest BCUT2D eigenvalue weighted by Crippen LogP contribution is 2.38. The second-order valence-electron chi connectivity index (χ2n) is 6.34. The smallest absolute Gasteiger partial charge is 0.337 e. The zero-order chi connectivity index (χ0) is 15.8. The zero-order valence-electron chi connectivity index (χ0n) is 13.1. The lowest BCUT2D eigenvalue weighted by atomic mass is 10.1. The topological polar surface area (TPSA) is 68.5 Å². The highest BCUT2D eigenvalue weighted by Gasteiger charge is 2.38. The van der Waals surface area contributed by atoms with E-state index >= 15 is 0 Å². The molecule has 0 amide bonds. The summed E-state index contributed by atoms with van der Waals surface area (Å²) in [4.78, 5) is 18.4. The number of carbonyl (C=O) groups is 1. The van der Waals surface area contributed by atoms with Crippen LogP contribution in [0.3, 0.4) is 0 Å². The van der Waals surface area contributed by atoms with Gasteiger partial charge < -0.3 is 9.26 Å². The van der Waals surface area contributed by atoms with Gasteiger partial charge in [0.2, 0.25) is 11.7 Å². The van der Waals surface area contributed by atoms with Crippen LogP contribution in [0.1, 0.15) is 35.5 Å². The second-order valence-corrected chi connectivity index (χ2v) is 6.34. The van der Waals surface area contributed by atoms with Crippen LogP contribution >= 0.6 is 0 Å². The number of methoxy groups -OCH3 is 1. The Morgan fingerprint density at radius 3 is 2.83 bits per heavy atom. The van der Waals surface area contributed by atoms with Crippen molar-refractivity contribution in [3.63, 3.8) is 0 Å². The van der Waals surface area contributed by atoms with Gasteiger partial charge in [0.25, 0.3) is 0 Å². The summed E-state index contributed by atoms with van der Waals surface area (Å²) in [7, 11) is 1.37. The third-order valence-corrected chi connectivity index (χ3v) is 4.89. The fraction of sp³-hybridized carbons (Fsp3) is 0.471. The molecule has 2 bridgehead atoms. The first-order valence-corrected chi connectivity index (χ1v) is 7.98. The largest absolute Gasteiger partial charge is 0.465 e. The van der Waals surface area contributed by atoms with Crippen LogP contribution in [-0.2, 0) is 11.3 Å². The molecule has 120 valence electrons. The van der Waals surface area contributed by atoms with Crippen molar-refractivity contribution in [2.24, 2.45) is 5.92 Å². The summed E-state index contributed by atoms with van der Waals surface area (Å²) >= 11 is 0. The van der Waals surface area contributed by atoms with E-state index < -0.39 is 0 Å². The van der Waals surface area contributed by atoms with E-state index in [2.05, 4.69) is 15.0 Å². The monoisotopic (exact) mass is 313 g/mol. The highest BCUT2D eigenvalue weighted by atomic mass is 16.5. The van der Waals surface area contributed by atoms with Crippen molar-refractivity contribution < 1.29 is 14.1 Å². The average Bonchev–Trinajstić information content (AvgIpc) is 3.31. The quantitative estimate of drug-likeness (QED) is 0.808. The molecule has 23 heavy (non-hydrogen) atoms. The fourth-order valence-corrected chi connectivity index (χ4v) is 3.70. The molecule has 6 nitrogen and oxygen atoms in total. The van der Waals surface area contributed by atoms with Crippen LogP contribution in [0.25, 0.3) is 11.4 Å². The van der Waals surface area contributed by atoms with Crippen LogP contribution in [0.4, 0.5) is 0 Å². The first kappa shape index (κ1) is 14.4. The molecule has 1 saturated heterocycles. The van der Waals surface area contributed by atoms with E-state index in [1.165, 1.54) is 26.4 Å². The summed E-state index contributed by atoms with van der Waals surface area (Å²) in [5.74, 6) is 1.72. The van der Waals surface area contributed by atoms with Crippen LogP contribution in [-0.4, -0.2) is 40.7 Å².